The normalized spacial score (nSPS) is 14.1. The Morgan fingerprint density at radius 3 is 2.27 bits per heavy atom. The van der Waals surface area contributed by atoms with Crippen LogP contribution in [0.4, 0.5) is 0 Å². The number of carbonyl (C=O) groups is 1. The van der Waals surface area contributed by atoms with Gasteiger partial charge in [-0.2, -0.15) is 0 Å². The molecule has 0 spiro atoms. The molecule has 0 aromatic carbocycles. The first-order chi connectivity index (χ1) is 6.88. The predicted octanol–water partition coefficient (Wildman–Crippen LogP) is 2.81. The zero-order chi connectivity index (χ0) is 12.0. The lowest BCUT2D eigenvalue weighted by molar-refractivity contribution is -0.419. The van der Waals surface area contributed by atoms with Gasteiger partial charge < -0.3 is 0 Å². The Balaban J connectivity index is 4.74. The Morgan fingerprint density at radius 1 is 1.40 bits per heavy atom. The van der Waals surface area contributed by atoms with Crippen LogP contribution in [0, 0.1) is 22.0 Å². The molecule has 0 saturated carbocycles. The van der Waals surface area contributed by atoms with Gasteiger partial charge in [-0.15, -0.1) is 0 Å². The van der Waals surface area contributed by atoms with E-state index in [1.165, 1.54) is 6.08 Å². The second-order valence-electron chi connectivity index (χ2n) is 4.22. The molecule has 0 aliphatic rings. The van der Waals surface area contributed by atoms with Crippen LogP contribution in [0.5, 0.6) is 0 Å². The first kappa shape index (κ1) is 13.8. The van der Waals surface area contributed by atoms with Crippen LogP contribution >= 0.6 is 0 Å². The summed E-state index contributed by atoms with van der Waals surface area (Å²) in [6, 6.07) is 0. The lowest BCUT2D eigenvalue weighted by atomic mass is 10.0. The van der Waals surface area contributed by atoms with E-state index in [0.717, 1.165) is 6.42 Å². The fraction of sp³-hybridized carbons (Fsp3) is 0.727. The van der Waals surface area contributed by atoms with Crippen LogP contribution < -0.4 is 0 Å². The van der Waals surface area contributed by atoms with Crippen molar-refractivity contribution in [2.24, 2.45) is 11.8 Å². The monoisotopic (exact) mass is 213 g/mol. The smallest absolute Gasteiger partial charge is 0.287 e. The summed E-state index contributed by atoms with van der Waals surface area (Å²) in [5.41, 5.74) is -0.252. The van der Waals surface area contributed by atoms with E-state index >= 15 is 0 Å². The Bertz CT molecular complexity index is 269. The summed E-state index contributed by atoms with van der Waals surface area (Å²) in [5, 5.41) is 10.7. The van der Waals surface area contributed by atoms with Gasteiger partial charge in [-0.25, -0.2) is 0 Å². The second kappa shape index (κ2) is 6.32. The van der Waals surface area contributed by atoms with Crippen molar-refractivity contribution in [2.45, 2.75) is 40.5 Å². The van der Waals surface area contributed by atoms with E-state index in [1.54, 1.807) is 0 Å². The molecular formula is C11H19NO3. The van der Waals surface area contributed by atoms with Gasteiger partial charge in [0.15, 0.2) is 0 Å². The summed E-state index contributed by atoms with van der Waals surface area (Å²) >= 11 is 0. The van der Waals surface area contributed by atoms with Crippen LogP contribution in [-0.4, -0.2) is 10.7 Å². The number of ketones is 1. The quantitative estimate of drug-likeness (QED) is 0.387. The third-order valence-electron chi connectivity index (χ3n) is 2.16. The predicted molar refractivity (Wildman–Crippen MR) is 59.0 cm³/mol. The molecule has 0 amide bonds. The summed E-state index contributed by atoms with van der Waals surface area (Å²) < 4.78 is 0. The molecule has 4 heteroatoms. The van der Waals surface area contributed by atoms with Crippen LogP contribution in [0.25, 0.3) is 0 Å². The molecule has 1 atom stereocenters. The molecule has 0 heterocycles. The third kappa shape index (κ3) is 5.30. The molecule has 0 N–H and O–H groups in total. The topological polar surface area (TPSA) is 60.2 Å². The van der Waals surface area contributed by atoms with Crippen LogP contribution in [0.3, 0.4) is 0 Å². The van der Waals surface area contributed by atoms with Gasteiger partial charge >= 0.3 is 5.70 Å². The molecule has 1 unspecified atom stereocenters. The molecule has 86 valence electrons. The molecule has 4 nitrogen and oxygen atoms in total. The highest BCUT2D eigenvalue weighted by Crippen LogP contribution is 2.12. The molecule has 0 rings (SSSR count). The average molecular weight is 213 g/mol. The van der Waals surface area contributed by atoms with E-state index in [1.807, 2.05) is 27.7 Å². The largest absolute Gasteiger partial charge is 0.308 e. The highest BCUT2D eigenvalue weighted by atomic mass is 16.6. The molecule has 0 aromatic rings. The van der Waals surface area contributed by atoms with Crippen LogP contribution in [0.1, 0.15) is 40.5 Å². The van der Waals surface area contributed by atoms with Gasteiger partial charge in [0.1, 0.15) is 0 Å². The summed E-state index contributed by atoms with van der Waals surface area (Å²) in [6.45, 7) is 7.55. The van der Waals surface area contributed by atoms with Crippen molar-refractivity contribution in [2.75, 3.05) is 0 Å². The molecule has 0 saturated heterocycles. The number of hydrogen-bond acceptors (Lipinski definition) is 3. The fourth-order valence-electron chi connectivity index (χ4n) is 1.12. The Labute approximate surface area is 90.5 Å². The molecule has 0 aliphatic heterocycles. The van der Waals surface area contributed by atoms with Crippen molar-refractivity contribution in [3.8, 4) is 0 Å². The number of allylic oxidation sites excluding steroid dienone is 2. The van der Waals surface area contributed by atoms with Crippen LogP contribution in [0.2, 0.25) is 0 Å². The van der Waals surface area contributed by atoms with E-state index in [0.29, 0.717) is 0 Å². The van der Waals surface area contributed by atoms with Gasteiger partial charge in [-0.1, -0.05) is 27.7 Å². The second-order valence-corrected chi connectivity index (χ2v) is 4.22. The van der Waals surface area contributed by atoms with Gasteiger partial charge in [0.2, 0.25) is 5.78 Å². The standard InChI is InChI=1S/C11H19NO3/c1-5-9(4)7-10(12(14)15)11(13)6-8(2)3/h7-9H,5-6H2,1-4H3/b10-7-. The van der Waals surface area contributed by atoms with Crippen molar-refractivity contribution >= 4 is 5.78 Å². The minimum absolute atomic E-state index is 0.0708. The molecule has 0 radical (unpaired) electrons. The number of rotatable bonds is 6. The van der Waals surface area contributed by atoms with Crippen LogP contribution in [-0.2, 0) is 4.79 Å². The number of carbonyl (C=O) groups excluding carboxylic acids is 1. The van der Waals surface area contributed by atoms with Gasteiger partial charge in [0, 0.05) is 12.5 Å². The maximum atomic E-state index is 11.5. The number of Topliss-reactive ketones (excluding diaryl/α,β-unsaturated/α-hetero) is 1. The molecule has 15 heavy (non-hydrogen) atoms. The number of nitrogens with zero attached hydrogens (tertiary/aromatic N) is 1. The Kier molecular flexibility index (Phi) is 5.82. The van der Waals surface area contributed by atoms with Crippen molar-refractivity contribution in [1.82, 2.24) is 0 Å². The van der Waals surface area contributed by atoms with Gasteiger partial charge in [-0.05, 0) is 18.3 Å². The highest BCUT2D eigenvalue weighted by Gasteiger charge is 2.22. The molecule has 0 aromatic heterocycles. The first-order valence-corrected chi connectivity index (χ1v) is 5.27. The third-order valence-corrected chi connectivity index (χ3v) is 2.16. The lowest BCUT2D eigenvalue weighted by Crippen LogP contribution is -2.14. The average Bonchev–Trinajstić information content (AvgIpc) is 2.11. The number of hydrogen-bond donors (Lipinski definition) is 0. The first-order valence-electron chi connectivity index (χ1n) is 5.27. The zero-order valence-electron chi connectivity index (χ0n) is 9.82. The van der Waals surface area contributed by atoms with Crippen molar-refractivity contribution in [3.05, 3.63) is 21.9 Å². The Morgan fingerprint density at radius 2 is 1.93 bits per heavy atom. The SMILES string of the molecule is CCC(C)/C=C(/C(=O)CC(C)C)[N+](=O)[O-]. The number of nitro groups is 1. The summed E-state index contributed by atoms with van der Waals surface area (Å²) in [6.07, 6.45) is 2.50. The van der Waals surface area contributed by atoms with Gasteiger partial charge in [0.25, 0.3) is 0 Å². The maximum absolute atomic E-state index is 11.5. The fourth-order valence-corrected chi connectivity index (χ4v) is 1.12. The van der Waals surface area contributed by atoms with E-state index < -0.39 is 4.92 Å². The lowest BCUT2D eigenvalue weighted by Gasteiger charge is -2.04. The summed E-state index contributed by atoms with van der Waals surface area (Å²) in [5.74, 6) is -0.144. The molecular weight excluding hydrogens is 194 g/mol. The van der Waals surface area contributed by atoms with Crippen LogP contribution in [0.15, 0.2) is 11.8 Å². The van der Waals surface area contributed by atoms with Crippen molar-refractivity contribution in [3.63, 3.8) is 0 Å². The highest BCUT2D eigenvalue weighted by molar-refractivity contribution is 5.93. The van der Waals surface area contributed by atoms with Crippen molar-refractivity contribution in [1.29, 1.82) is 0 Å². The van der Waals surface area contributed by atoms with Gasteiger partial charge in [-0.3, -0.25) is 14.9 Å². The molecule has 0 aliphatic carbocycles. The van der Waals surface area contributed by atoms with Gasteiger partial charge in [0.05, 0.1) is 4.92 Å². The molecule has 0 fully saturated rings. The Hall–Kier alpha value is -1.19. The molecule has 0 bridgehead atoms. The van der Waals surface area contributed by atoms with E-state index in [4.69, 9.17) is 0 Å². The van der Waals surface area contributed by atoms with E-state index in [2.05, 4.69) is 0 Å². The van der Waals surface area contributed by atoms with E-state index in [9.17, 15) is 14.9 Å². The summed E-state index contributed by atoms with van der Waals surface area (Å²) in [4.78, 5) is 21.7. The summed E-state index contributed by atoms with van der Waals surface area (Å²) in [7, 11) is 0. The van der Waals surface area contributed by atoms with Crippen molar-refractivity contribution < 1.29 is 9.72 Å². The minimum atomic E-state index is -0.573. The maximum Gasteiger partial charge on any atom is 0.308 e. The minimum Gasteiger partial charge on any atom is -0.287 e. The zero-order valence-corrected chi connectivity index (χ0v) is 9.82. The van der Waals surface area contributed by atoms with E-state index in [-0.39, 0.29) is 29.7 Å².